The van der Waals surface area contributed by atoms with Gasteiger partial charge in [0.05, 0.1) is 39.6 Å². The predicted molar refractivity (Wildman–Crippen MR) is 127 cm³/mol. The predicted octanol–water partition coefficient (Wildman–Crippen LogP) is 3.68. The lowest BCUT2D eigenvalue weighted by molar-refractivity contribution is -0.145. The molecule has 1 aliphatic heterocycles. The molecule has 2 amide bonds. The van der Waals surface area contributed by atoms with Crippen LogP contribution in [0.25, 0.3) is 0 Å². The molecule has 0 saturated carbocycles. The Morgan fingerprint density at radius 3 is 1.83 bits per heavy atom. The lowest BCUT2D eigenvalue weighted by Gasteiger charge is -2.32. The van der Waals surface area contributed by atoms with Crippen molar-refractivity contribution in [2.45, 2.75) is 12.0 Å². The zero-order valence-corrected chi connectivity index (χ0v) is 19.8. The number of rotatable bonds is 8. The van der Waals surface area contributed by atoms with Crippen molar-refractivity contribution in [3.63, 3.8) is 0 Å². The highest BCUT2D eigenvalue weighted by Crippen LogP contribution is 2.41. The summed E-state index contributed by atoms with van der Waals surface area (Å²) in [4.78, 5) is 41.1. The Morgan fingerprint density at radius 1 is 0.743 bits per heavy atom. The Morgan fingerprint density at radius 2 is 1.31 bits per heavy atom. The number of ether oxygens (including phenoxy) is 4. The first kappa shape index (κ1) is 23.8. The minimum Gasteiger partial charge on any atom is -0.497 e. The average molecular weight is 475 g/mol. The van der Waals surface area contributed by atoms with Gasteiger partial charge in [-0.05, 0) is 35.9 Å². The van der Waals surface area contributed by atoms with Crippen molar-refractivity contribution in [3.8, 4) is 17.2 Å². The summed E-state index contributed by atoms with van der Waals surface area (Å²) in [6.07, 6.45) is 0. The Hall–Kier alpha value is -4.33. The lowest BCUT2D eigenvalue weighted by Crippen LogP contribution is -2.49. The molecule has 3 aromatic rings. The van der Waals surface area contributed by atoms with Gasteiger partial charge in [-0.25, -0.2) is 4.79 Å². The van der Waals surface area contributed by atoms with Crippen molar-refractivity contribution < 1.29 is 33.3 Å². The van der Waals surface area contributed by atoms with Crippen molar-refractivity contribution >= 4 is 17.8 Å². The summed E-state index contributed by atoms with van der Waals surface area (Å²) in [5.74, 6) is -1.08. The fourth-order valence-electron chi connectivity index (χ4n) is 4.39. The van der Waals surface area contributed by atoms with Gasteiger partial charge in [-0.3, -0.25) is 14.5 Å². The molecule has 0 unspecified atom stereocenters. The molecule has 35 heavy (non-hydrogen) atoms. The number of fused-ring (bicyclic) bond motifs is 1. The Labute approximate surface area is 203 Å². The highest BCUT2D eigenvalue weighted by Gasteiger charge is 2.48. The van der Waals surface area contributed by atoms with Gasteiger partial charge in [0, 0.05) is 17.5 Å². The molecule has 3 aromatic carbocycles. The first-order valence-corrected chi connectivity index (χ1v) is 10.9. The second kappa shape index (κ2) is 9.89. The van der Waals surface area contributed by atoms with Gasteiger partial charge in [-0.1, -0.05) is 30.3 Å². The molecule has 0 aromatic heterocycles. The van der Waals surface area contributed by atoms with Crippen LogP contribution in [0.15, 0.2) is 66.7 Å². The number of nitrogens with zero attached hydrogens (tertiary/aromatic N) is 1. The molecule has 4 rings (SSSR count). The van der Waals surface area contributed by atoms with E-state index in [1.165, 1.54) is 21.3 Å². The first-order valence-electron chi connectivity index (χ1n) is 10.9. The number of imide groups is 1. The van der Waals surface area contributed by atoms with Crippen LogP contribution >= 0.6 is 0 Å². The third-order valence-electron chi connectivity index (χ3n) is 6.11. The van der Waals surface area contributed by atoms with Crippen LogP contribution in [-0.2, 0) is 9.53 Å². The Kier molecular flexibility index (Phi) is 6.73. The molecule has 2 atom stereocenters. The second-order valence-corrected chi connectivity index (χ2v) is 7.85. The van der Waals surface area contributed by atoms with Gasteiger partial charge in [0.2, 0.25) is 0 Å². The molecule has 0 N–H and O–H groups in total. The van der Waals surface area contributed by atoms with E-state index in [-0.39, 0.29) is 11.1 Å². The molecule has 180 valence electrons. The normalized spacial score (nSPS) is 14.2. The number of hydrogen-bond donors (Lipinski definition) is 0. The summed E-state index contributed by atoms with van der Waals surface area (Å²) in [5.41, 5.74) is 1.70. The van der Waals surface area contributed by atoms with Crippen LogP contribution in [0.5, 0.6) is 17.2 Å². The maximum Gasteiger partial charge on any atom is 0.330 e. The standard InChI is InChI=1S/C27H25NO7/c1-32-17-11-9-16(10-12-17)23(21-14-13-18(33-2)15-22(21)34-3)24(27(31)35-4)28-25(29)19-7-5-6-8-20(19)26(28)30/h5-15,23-24H,1-4H3/t23-,24-/m0/s1. The summed E-state index contributed by atoms with van der Waals surface area (Å²) < 4.78 is 21.4. The van der Waals surface area contributed by atoms with E-state index in [1.54, 1.807) is 73.8 Å². The molecule has 0 bridgehead atoms. The molecular weight excluding hydrogens is 450 g/mol. The fraction of sp³-hybridized carbons (Fsp3) is 0.222. The number of hydrogen-bond acceptors (Lipinski definition) is 7. The van der Waals surface area contributed by atoms with Gasteiger partial charge in [0.25, 0.3) is 11.8 Å². The van der Waals surface area contributed by atoms with Crippen LogP contribution in [0.3, 0.4) is 0 Å². The lowest BCUT2D eigenvalue weighted by atomic mass is 9.83. The molecule has 0 radical (unpaired) electrons. The molecule has 0 aliphatic carbocycles. The van der Waals surface area contributed by atoms with Gasteiger partial charge in [0.1, 0.15) is 23.3 Å². The van der Waals surface area contributed by atoms with Crippen LogP contribution in [0.4, 0.5) is 0 Å². The Balaban J connectivity index is 1.94. The van der Waals surface area contributed by atoms with Crippen LogP contribution in [-0.4, -0.2) is 57.2 Å². The van der Waals surface area contributed by atoms with E-state index in [1.807, 2.05) is 0 Å². The maximum atomic E-state index is 13.4. The third kappa shape index (κ3) is 4.19. The quantitative estimate of drug-likeness (QED) is 0.363. The molecule has 8 heteroatoms. The molecule has 8 nitrogen and oxygen atoms in total. The topological polar surface area (TPSA) is 91.4 Å². The fourth-order valence-corrected chi connectivity index (χ4v) is 4.39. The number of methoxy groups -OCH3 is 4. The van der Waals surface area contributed by atoms with E-state index in [9.17, 15) is 14.4 Å². The zero-order chi connectivity index (χ0) is 25.1. The minimum atomic E-state index is -1.30. The van der Waals surface area contributed by atoms with E-state index in [0.717, 1.165) is 4.90 Å². The van der Waals surface area contributed by atoms with Crippen LogP contribution in [0.2, 0.25) is 0 Å². The largest absolute Gasteiger partial charge is 0.497 e. The van der Waals surface area contributed by atoms with Gasteiger partial charge in [0.15, 0.2) is 0 Å². The number of carbonyl (C=O) groups excluding carboxylic acids is 3. The molecule has 0 saturated heterocycles. The highest BCUT2D eigenvalue weighted by atomic mass is 16.5. The summed E-state index contributed by atoms with van der Waals surface area (Å²) in [6.45, 7) is 0. The van der Waals surface area contributed by atoms with Crippen molar-refractivity contribution in [2.75, 3.05) is 28.4 Å². The first-order chi connectivity index (χ1) is 16.9. The van der Waals surface area contributed by atoms with E-state index in [0.29, 0.717) is 28.4 Å². The van der Waals surface area contributed by atoms with Crippen LogP contribution in [0.1, 0.15) is 37.8 Å². The van der Waals surface area contributed by atoms with Crippen molar-refractivity contribution in [1.29, 1.82) is 0 Å². The van der Waals surface area contributed by atoms with E-state index >= 15 is 0 Å². The monoisotopic (exact) mass is 475 g/mol. The number of esters is 1. The second-order valence-electron chi connectivity index (χ2n) is 7.85. The van der Waals surface area contributed by atoms with E-state index in [4.69, 9.17) is 18.9 Å². The van der Waals surface area contributed by atoms with Gasteiger partial charge >= 0.3 is 5.97 Å². The van der Waals surface area contributed by atoms with Crippen molar-refractivity contribution in [1.82, 2.24) is 4.90 Å². The summed E-state index contributed by atoms with van der Waals surface area (Å²) in [7, 11) is 5.81. The van der Waals surface area contributed by atoms with E-state index < -0.39 is 29.7 Å². The molecule has 0 spiro atoms. The maximum absolute atomic E-state index is 13.4. The molecule has 0 fully saturated rings. The van der Waals surface area contributed by atoms with Crippen molar-refractivity contribution in [3.05, 3.63) is 89.0 Å². The molecule has 1 heterocycles. The smallest absolute Gasteiger partial charge is 0.330 e. The van der Waals surface area contributed by atoms with Crippen LogP contribution in [0, 0.1) is 0 Å². The van der Waals surface area contributed by atoms with E-state index in [2.05, 4.69) is 0 Å². The summed E-state index contributed by atoms with van der Waals surface area (Å²) >= 11 is 0. The van der Waals surface area contributed by atoms with Crippen LogP contribution < -0.4 is 14.2 Å². The molecular formula is C27H25NO7. The summed E-state index contributed by atoms with van der Waals surface area (Å²) in [6, 6.07) is 17.4. The summed E-state index contributed by atoms with van der Waals surface area (Å²) in [5, 5.41) is 0. The van der Waals surface area contributed by atoms with Gasteiger partial charge in [-0.15, -0.1) is 0 Å². The number of benzene rings is 3. The third-order valence-corrected chi connectivity index (χ3v) is 6.11. The SMILES string of the molecule is COC(=O)[C@H]([C@@H](c1ccc(OC)cc1)c1ccc(OC)cc1OC)N1C(=O)c2ccccc2C1=O. The van der Waals surface area contributed by atoms with Gasteiger partial charge in [-0.2, -0.15) is 0 Å². The number of amides is 2. The minimum absolute atomic E-state index is 0.238. The zero-order valence-electron chi connectivity index (χ0n) is 19.8. The highest BCUT2D eigenvalue weighted by molar-refractivity contribution is 6.22. The van der Waals surface area contributed by atoms with Gasteiger partial charge < -0.3 is 18.9 Å². The van der Waals surface area contributed by atoms with Crippen molar-refractivity contribution in [2.24, 2.45) is 0 Å². The Bertz CT molecular complexity index is 1230. The number of carbonyl (C=O) groups is 3. The molecule has 1 aliphatic rings. The average Bonchev–Trinajstić information content (AvgIpc) is 3.16.